The topological polar surface area (TPSA) is 63.1 Å². The fourth-order valence-electron chi connectivity index (χ4n) is 2.60. The number of hydrogen-bond acceptors (Lipinski definition) is 4. The zero-order chi connectivity index (χ0) is 18.3. The normalized spacial score (nSPS) is 10.8. The highest BCUT2D eigenvalue weighted by Gasteiger charge is 2.18. The van der Waals surface area contributed by atoms with Gasteiger partial charge in [-0.25, -0.2) is 18.2 Å². The maximum Gasteiger partial charge on any atom is 0.307 e. The van der Waals surface area contributed by atoms with Crippen LogP contribution < -0.4 is 0 Å². The van der Waals surface area contributed by atoms with Crippen LogP contribution in [0, 0.1) is 31.3 Å². The molecule has 0 unspecified atom stereocenters. The van der Waals surface area contributed by atoms with Gasteiger partial charge in [0.2, 0.25) is 0 Å². The van der Waals surface area contributed by atoms with Crippen LogP contribution in [0.5, 0.6) is 0 Å². The average molecular weight is 403 g/mol. The quantitative estimate of drug-likeness (QED) is 0.658. The van der Waals surface area contributed by atoms with E-state index >= 15 is 0 Å². The fourth-order valence-corrected chi connectivity index (χ4v) is 3.59. The summed E-state index contributed by atoms with van der Waals surface area (Å²) in [6.45, 7) is 3.49. The van der Waals surface area contributed by atoms with Crippen LogP contribution in [0.15, 0.2) is 12.1 Å². The van der Waals surface area contributed by atoms with Crippen LogP contribution in [0.4, 0.5) is 13.2 Å². The van der Waals surface area contributed by atoms with Gasteiger partial charge in [-0.2, -0.15) is 0 Å². The first-order chi connectivity index (χ1) is 11.8. The average Bonchev–Trinajstić information content (AvgIpc) is 2.94. The van der Waals surface area contributed by atoms with Gasteiger partial charge < -0.3 is 5.11 Å². The predicted octanol–water partition coefficient (Wildman–Crippen LogP) is 4.37. The van der Waals surface area contributed by atoms with Gasteiger partial charge in [-0.15, -0.1) is 23.7 Å². The molecule has 9 heteroatoms. The number of nitrogens with zero attached hydrogens (tertiary/aromatic N) is 2. The van der Waals surface area contributed by atoms with E-state index in [1.807, 2.05) is 0 Å². The minimum Gasteiger partial charge on any atom is -0.481 e. The van der Waals surface area contributed by atoms with Gasteiger partial charge in [-0.05, 0) is 25.0 Å². The minimum absolute atomic E-state index is 0. The van der Waals surface area contributed by atoms with E-state index in [1.165, 1.54) is 0 Å². The molecule has 0 atom stereocenters. The Kier molecular flexibility index (Phi) is 5.87. The molecule has 0 fully saturated rings. The summed E-state index contributed by atoms with van der Waals surface area (Å²) in [6, 6.07) is 2.22. The lowest BCUT2D eigenvalue weighted by Crippen LogP contribution is -2.06. The number of hydrogen-bond donors (Lipinski definition) is 1. The third-order valence-electron chi connectivity index (χ3n) is 3.86. The summed E-state index contributed by atoms with van der Waals surface area (Å²) < 4.78 is 40.9. The van der Waals surface area contributed by atoms with Gasteiger partial charge in [0.15, 0.2) is 11.6 Å². The molecule has 2 aromatic heterocycles. The Bertz CT molecular complexity index is 1010. The van der Waals surface area contributed by atoms with Gasteiger partial charge in [-0.1, -0.05) is 6.07 Å². The van der Waals surface area contributed by atoms with Crippen molar-refractivity contribution in [2.24, 2.45) is 0 Å². The van der Waals surface area contributed by atoms with Crippen molar-refractivity contribution < 1.29 is 23.1 Å². The van der Waals surface area contributed by atoms with E-state index in [9.17, 15) is 18.0 Å². The predicted molar refractivity (Wildman–Crippen MR) is 94.6 cm³/mol. The SMILES string of the molecule is Cc1nc(C)c(Cc2nc3c(F)c(F)cc(F)c3s2)cc1CC(=O)O.Cl. The number of benzene rings is 1. The van der Waals surface area contributed by atoms with Gasteiger partial charge in [0.05, 0.1) is 16.1 Å². The van der Waals surface area contributed by atoms with Crippen LogP contribution in [0.3, 0.4) is 0 Å². The number of aromatic nitrogens is 2. The van der Waals surface area contributed by atoms with Crippen molar-refractivity contribution in [2.75, 3.05) is 0 Å². The van der Waals surface area contributed by atoms with E-state index in [2.05, 4.69) is 9.97 Å². The second-order valence-electron chi connectivity index (χ2n) is 5.66. The van der Waals surface area contributed by atoms with Crippen LogP contribution >= 0.6 is 23.7 Å². The molecule has 3 aromatic rings. The van der Waals surface area contributed by atoms with Crippen molar-refractivity contribution >= 4 is 39.9 Å². The highest BCUT2D eigenvalue weighted by molar-refractivity contribution is 7.18. The largest absolute Gasteiger partial charge is 0.481 e. The van der Waals surface area contributed by atoms with Crippen LogP contribution in [-0.2, 0) is 17.6 Å². The van der Waals surface area contributed by atoms with E-state index in [0.717, 1.165) is 11.3 Å². The molecule has 2 heterocycles. The third kappa shape index (κ3) is 3.81. The number of aryl methyl sites for hydroxylation is 2. The van der Waals surface area contributed by atoms with Gasteiger partial charge in [0.25, 0.3) is 0 Å². The highest BCUT2D eigenvalue weighted by Crippen LogP contribution is 2.30. The summed E-state index contributed by atoms with van der Waals surface area (Å²) in [5.41, 5.74) is 2.24. The molecule has 0 saturated carbocycles. The summed E-state index contributed by atoms with van der Waals surface area (Å²) in [6.07, 6.45) is 0.0615. The number of carboxylic acids is 1. The lowest BCUT2D eigenvalue weighted by molar-refractivity contribution is -0.136. The summed E-state index contributed by atoms with van der Waals surface area (Å²) in [4.78, 5) is 19.3. The van der Waals surface area contributed by atoms with Crippen molar-refractivity contribution in [1.82, 2.24) is 9.97 Å². The molecule has 138 valence electrons. The molecule has 0 aliphatic rings. The fraction of sp³-hybridized carbons (Fsp3) is 0.235. The van der Waals surface area contributed by atoms with Gasteiger partial charge in [0, 0.05) is 23.9 Å². The van der Waals surface area contributed by atoms with Crippen LogP contribution in [-0.4, -0.2) is 21.0 Å². The molecule has 4 nitrogen and oxygen atoms in total. The third-order valence-corrected chi connectivity index (χ3v) is 4.92. The Hall–Kier alpha value is -2.19. The second-order valence-corrected chi connectivity index (χ2v) is 6.75. The zero-order valence-corrected chi connectivity index (χ0v) is 15.4. The smallest absolute Gasteiger partial charge is 0.307 e. The van der Waals surface area contributed by atoms with E-state index in [1.54, 1.807) is 19.9 Å². The molecule has 0 spiro atoms. The van der Waals surface area contributed by atoms with Crippen molar-refractivity contribution in [3.63, 3.8) is 0 Å². The molecule has 0 radical (unpaired) electrons. The Morgan fingerprint density at radius 3 is 2.38 bits per heavy atom. The summed E-state index contributed by atoms with van der Waals surface area (Å²) in [5, 5.41) is 9.36. The molecule has 26 heavy (non-hydrogen) atoms. The lowest BCUT2D eigenvalue weighted by Gasteiger charge is -2.09. The Morgan fingerprint density at radius 2 is 1.73 bits per heavy atom. The van der Waals surface area contributed by atoms with Crippen molar-refractivity contribution in [1.29, 1.82) is 0 Å². The van der Waals surface area contributed by atoms with Gasteiger partial charge in [0.1, 0.15) is 11.3 Å². The number of thiazole rings is 1. The molecule has 1 aromatic carbocycles. The maximum atomic E-state index is 13.8. The van der Waals surface area contributed by atoms with Crippen molar-refractivity contribution in [3.05, 3.63) is 57.1 Å². The molecule has 1 N–H and O–H groups in total. The zero-order valence-electron chi connectivity index (χ0n) is 13.8. The maximum absolute atomic E-state index is 13.8. The lowest BCUT2D eigenvalue weighted by atomic mass is 10.0. The Labute approximate surface area is 157 Å². The summed E-state index contributed by atoms with van der Waals surface area (Å²) >= 11 is 0.937. The molecular formula is C17H14ClF3N2O2S. The van der Waals surface area contributed by atoms with Crippen LogP contribution in [0.1, 0.15) is 27.5 Å². The molecule has 3 rings (SSSR count). The Balaban J connectivity index is 0.00000243. The molecule has 0 aliphatic carbocycles. The van der Waals surface area contributed by atoms with Gasteiger partial charge in [-0.3, -0.25) is 9.78 Å². The monoisotopic (exact) mass is 402 g/mol. The molecule has 0 aliphatic heterocycles. The van der Waals surface area contributed by atoms with E-state index in [4.69, 9.17) is 5.11 Å². The first kappa shape index (κ1) is 20.1. The molecule has 0 amide bonds. The number of aliphatic carboxylic acids is 1. The first-order valence-electron chi connectivity index (χ1n) is 7.37. The highest BCUT2D eigenvalue weighted by atomic mass is 35.5. The van der Waals surface area contributed by atoms with Crippen LogP contribution in [0.25, 0.3) is 10.2 Å². The first-order valence-corrected chi connectivity index (χ1v) is 8.18. The number of halogens is 4. The molecular weight excluding hydrogens is 389 g/mol. The van der Waals surface area contributed by atoms with Crippen molar-refractivity contribution in [2.45, 2.75) is 26.7 Å². The molecule has 0 bridgehead atoms. The Morgan fingerprint density at radius 1 is 1.08 bits per heavy atom. The van der Waals surface area contributed by atoms with E-state index in [0.29, 0.717) is 33.6 Å². The summed E-state index contributed by atoms with van der Waals surface area (Å²) in [7, 11) is 0. The number of carboxylic acid groups (broad SMARTS) is 1. The van der Waals surface area contributed by atoms with Crippen LogP contribution in [0.2, 0.25) is 0 Å². The summed E-state index contributed by atoms with van der Waals surface area (Å²) in [5.74, 6) is -4.29. The minimum atomic E-state index is -1.28. The number of rotatable bonds is 4. The number of pyridine rings is 1. The second kappa shape index (κ2) is 7.59. The van der Waals surface area contributed by atoms with Crippen molar-refractivity contribution in [3.8, 4) is 0 Å². The number of fused-ring (bicyclic) bond motifs is 1. The standard InChI is InChI=1S/C17H13F3N2O2S.ClH/c1-7-9(3-10(5-14(23)24)8(2)21-7)4-13-22-16-15(20)11(18)6-12(19)17(16)25-13;/h3,6H,4-5H2,1-2H3,(H,23,24);1H. The van der Waals surface area contributed by atoms with E-state index < -0.39 is 23.4 Å². The van der Waals surface area contributed by atoms with E-state index in [-0.39, 0.29) is 35.5 Å². The number of carbonyl (C=O) groups is 1. The van der Waals surface area contributed by atoms with Gasteiger partial charge >= 0.3 is 5.97 Å². The molecule has 0 saturated heterocycles.